The maximum Gasteiger partial charge on any atom is 0.350 e. The number of benzene rings is 2. The van der Waals surface area contributed by atoms with E-state index in [2.05, 4.69) is 50.3 Å². The summed E-state index contributed by atoms with van der Waals surface area (Å²) in [5.74, 6) is 1.80. The van der Waals surface area contributed by atoms with Gasteiger partial charge in [0.25, 0.3) is 0 Å². The molecule has 1 unspecified atom stereocenters. The normalized spacial score (nSPS) is 16.0. The van der Waals surface area contributed by atoms with Crippen molar-refractivity contribution in [3.05, 3.63) is 58.7 Å². The summed E-state index contributed by atoms with van der Waals surface area (Å²) in [6.45, 7) is 11.9. The van der Waals surface area contributed by atoms with Crippen LogP contribution < -0.4 is 36.2 Å². The van der Waals surface area contributed by atoms with Gasteiger partial charge < -0.3 is 35.6 Å². The van der Waals surface area contributed by atoms with Crippen LogP contribution in [0.5, 0.6) is 5.75 Å². The molecule has 1 aromatic heterocycles. The Labute approximate surface area is 247 Å². The molecule has 0 bridgehead atoms. The molecule has 4 N–H and O–H groups in total. The number of nitrogens with one attached hydrogen (secondary N) is 4. The van der Waals surface area contributed by atoms with Crippen molar-refractivity contribution in [2.24, 2.45) is 0 Å². The molecule has 0 amide bonds. The molecule has 3 aromatic rings. The molecule has 5 rings (SSSR count). The molecule has 0 radical (unpaired) electrons. The molecule has 0 aliphatic carbocycles. The van der Waals surface area contributed by atoms with Crippen molar-refractivity contribution in [2.45, 2.75) is 45.6 Å². The van der Waals surface area contributed by atoms with Crippen LogP contribution in [0, 0.1) is 6.92 Å². The fourth-order valence-electron chi connectivity index (χ4n) is 4.74. The summed E-state index contributed by atoms with van der Waals surface area (Å²) < 4.78 is 22.7. The van der Waals surface area contributed by atoms with E-state index in [1.54, 1.807) is 18.2 Å². The molecule has 2 fully saturated rings. The van der Waals surface area contributed by atoms with E-state index in [-0.39, 0.29) is 16.4 Å². The quantitative estimate of drug-likeness (QED) is 0.274. The van der Waals surface area contributed by atoms with Crippen molar-refractivity contribution in [2.75, 3.05) is 50.0 Å². The van der Waals surface area contributed by atoms with E-state index in [0.717, 1.165) is 63.7 Å². The van der Waals surface area contributed by atoms with E-state index in [1.807, 2.05) is 13.8 Å². The number of aromatic nitrogens is 2. The molecule has 10 nitrogen and oxygen atoms in total. The number of piperidine rings is 1. The van der Waals surface area contributed by atoms with Crippen molar-refractivity contribution in [3.8, 4) is 5.75 Å². The summed E-state index contributed by atoms with van der Waals surface area (Å²) in [5, 5.41) is 13.3. The number of hydrogen-bond donors (Lipinski definition) is 4. The summed E-state index contributed by atoms with van der Waals surface area (Å²) in [6, 6.07) is 10.8. The van der Waals surface area contributed by atoms with Crippen LogP contribution >= 0.6 is 19.6 Å². The monoisotopic (exact) mass is 600 g/mol. The zero-order valence-corrected chi connectivity index (χ0v) is 25.4. The Morgan fingerprint density at radius 1 is 1.07 bits per heavy atom. The van der Waals surface area contributed by atoms with Gasteiger partial charge in [-0.3, -0.25) is 0 Å². The van der Waals surface area contributed by atoms with Crippen molar-refractivity contribution in [1.29, 1.82) is 0 Å². The minimum absolute atomic E-state index is 0.00591. The smallest absolute Gasteiger partial charge is 0.350 e. The Kier molecular flexibility index (Phi) is 11.7. The molecular formula is C29H38ClN6O4P. The molecule has 1 atom stereocenters. The van der Waals surface area contributed by atoms with Gasteiger partial charge in [0.05, 0.1) is 36.9 Å². The Morgan fingerprint density at radius 3 is 2.41 bits per heavy atom. The van der Waals surface area contributed by atoms with Crippen LogP contribution in [0.15, 0.2) is 42.6 Å². The lowest BCUT2D eigenvalue weighted by atomic mass is 9.87. The molecular weight excluding hydrogens is 563 g/mol. The predicted molar refractivity (Wildman–Crippen MR) is 163 cm³/mol. The molecule has 3 heterocycles. The largest absolute Gasteiger partial charge is 0.591 e. The molecule has 220 valence electrons. The number of hydrogen-bond acceptors (Lipinski definition) is 10. The van der Waals surface area contributed by atoms with Crippen LogP contribution in [0.4, 0.5) is 23.1 Å². The first-order valence-corrected chi connectivity index (χ1v) is 15.5. The summed E-state index contributed by atoms with van der Waals surface area (Å²) in [4.78, 5) is 20.5. The number of para-hydroxylation sites is 1. The first-order chi connectivity index (χ1) is 19.8. The van der Waals surface area contributed by atoms with E-state index in [1.165, 1.54) is 23.4 Å². The Morgan fingerprint density at radius 2 is 1.78 bits per heavy atom. The maximum atomic E-state index is 11.6. The summed E-state index contributed by atoms with van der Waals surface area (Å²) >= 11 is 6.33. The van der Waals surface area contributed by atoms with Crippen molar-refractivity contribution in [1.82, 2.24) is 20.6 Å². The van der Waals surface area contributed by atoms with Crippen LogP contribution in [0.1, 0.15) is 43.7 Å². The number of ether oxygens (including phenoxy) is 2. The van der Waals surface area contributed by atoms with Crippen LogP contribution in [-0.2, 0) is 9.30 Å². The fourth-order valence-corrected chi connectivity index (χ4v) is 5.41. The number of morpholine rings is 1. The predicted octanol–water partition coefficient (Wildman–Crippen LogP) is 4.51. The Balaban J connectivity index is 0.000000572. The summed E-state index contributed by atoms with van der Waals surface area (Å²) in [6.07, 6.45) is 3.63. The average molecular weight is 601 g/mol. The maximum absolute atomic E-state index is 11.6. The molecule has 2 aromatic carbocycles. The van der Waals surface area contributed by atoms with E-state index in [9.17, 15) is 9.46 Å². The number of rotatable bonds is 8. The second kappa shape index (κ2) is 15.4. The van der Waals surface area contributed by atoms with Crippen LogP contribution in [0.25, 0.3) is 0 Å². The highest BCUT2D eigenvalue weighted by Crippen LogP contribution is 2.37. The number of halogens is 1. The van der Waals surface area contributed by atoms with E-state index < -0.39 is 8.03 Å². The number of nitrogens with zero attached hydrogens (tertiary/aromatic N) is 2. The highest BCUT2D eigenvalue weighted by Gasteiger charge is 2.21. The minimum atomic E-state index is -2.78. The summed E-state index contributed by atoms with van der Waals surface area (Å²) in [7, 11) is -2.78. The molecule has 2 aliphatic heterocycles. The molecule has 2 saturated heterocycles. The third kappa shape index (κ3) is 9.07. The van der Waals surface area contributed by atoms with Crippen molar-refractivity contribution >= 4 is 48.1 Å². The molecule has 41 heavy (non-hydrogen) atoms. The first-order valence-electron chi connectivity index (χ1n) is 13.9. The van der Waals surface area contributed by atoms with Gasteiger partial charge in [0.1, 0.15) is 10.8 Å². The van der Waals surface area contributed by atoms with E-state index >= 15 is 0 Å². The number of aryl methyl sites for hydroxylation is 1. The van der Waals surface area contributed by atoms with E-state index in [4.69, 9.17) is 21.1 Å². The van der Waals surface area contributed by atoms with Gasteiger partial charge in [0.15, 0.2) is 5.82 Å². The van der Waals surface area contributed by atoms with Gasteiger partial charge in [-0.05, 0) is 88.0 Å². The zero-order valence-electron chi connectivity index (χ0n) is 23.7. The van der Waals surface area contributed by atoms with Gasteiger partial charge in [-0.15, -0.1) is 0 Å². The Hall–Kier alpha value is -2.85. The SMILES string of the molecule is C1COCCN1.Cc1cc(OC(C)C)c(Nc2ncc(Cl)c(Nc3ccccc3[P+](=O)[O-])n2)cc1C1CCNCC1. The van der Waals surface area contributed by atoms with Crippen LogP contribution in [0.2, 0.25) is 5.02 Å². The fraction of sp³-hybridized carbons (Fsp3) is 0.448. The molecule has 0 saturated carbocycles. The van der Waals surface area contributed by atoms with E-state index in [0.29, 0.717) is 23.4 Å². The third-order valence-electron chi connectivity index (χ3n) is 6.70. The second-order valence-electron chi connectivity index (χ2n) is 10.2. The van der Waals surface area contributed by atoms with Crippen molar-refractivity contribution in [3.63, 3.8) is 0 Å². The van der Waals surface area contributed by atoms with Gasteiger partial charge in [0.2, 0.25) is 11.3 Å². The average Bonchev–Trinajstić information content (AvgIpc) is 2.97. The highest BCUT2D eigenvalue weighted by molar-refractivity contribution is 7.46. The lowest BCUT2D eigenvalue weighted by Gasteiger charge is -2.26. The topological polar surface area (TPSA) is 132 Å². The van der Waals surface area contributed by atoms with Crippen LogP contribution in [-0.4, -0.2) is 55.5 Å². The highest BCUT2D eigenvalue weighted by atomic mass is 35.5. The molecule has 12 heteroatoms. The van der Waals surface area contributed by atoms with Gasteiger partial charge in [-0.1, -0.05) is 28.3 Å². The van der Waals surface area contributed by atoms with Crippen LogP contribution in [0.3, 0.4) is 0 Å². The van der Waals surface area contributed by atoms with Gasteiger partial charge in [-0.2, -0.15) is 4.98 Å². The molecule has 2 aliphatic rings. The standard InChI is InChI=1S/C25H29ClN5O3P.C4H9NO/c1-15(2)34-22-12-16(3)18(17-8-10-27-11-9-17)13-21(22)30-25-28-14-19(26)24(31-25)29-20-6-4-5-7-23(20)35(32)33;1-3-6-4-2-5-1/h4-7,12-15,17,27H,8-11H2,1-3H3,(H2,28,29,30,31);5H,1-4H2. The lowest BCUT2D eigenvalue weighted by molar-refractivity contribution is -0.160. The van der Waals surface area contributed by atoms with Gasteiger partial charge in [-0.25, -0.2) is 4.98 Å². The number of anilines is 4. The molecule has 0 spiro atoms. The van der Waals surface area contributed by atoms with Gasteiger partial charge in [0, 0.05) is 13.1 Å². The van der Waals surface area contributed by atoms with Gasteiger partial charge >= 0.3 is 8.03 Å². The second-order valence-corrected chi connectivity index (χ2v) is 11.6. The van der Waals surface area contributed by atoms with Crippen molar-refractivity contribution < 1.29 is 18.9 Å². The zero-order chi connectivity index (χ0) is 29.2. The first kappa shape index (κ1) is 31.1. The third-order valence-corrected chi connectivity index (χ3v) is 7.76. The Bertz CT molecular complexity index is 1310. The lowest BCUT2D eigenvalue weighted by Crippen LogP contribution is -2.30. The summed E-state index contributed by atoms with van der Waals surface area (Å²) in [5.41, 5.74) is 3.64. The minimum Gasteiger partial charge on any atom is -0.591 e.